The van der Waals surface area contributed by atoms with E-state index in [0.29, 0.717) is 18.9 Å². The molecule has 20 heavy (non-hydrogen) atoms. The summed E-state index contributed by atoms with van der Waals surface area (Å²) in [7, 11) is 3.16. The fraction of sp³-hybridized carbons (Fsp3) is 0.800. The zero-order chi connectivity index (χ0) is 14.6. The molecule has 1 heterocycles. The van der Waals surface area contributed by atoms with E-state index in [1.165, 1.54) is 25.7 Å². The second-order valence-electron chi connectivity index (χ2n) is 6.00. The van der Waals surface area contributed by atoms with Crippen LogP contribution >= 0.6 is 0 Å². The van der Waals surface area contributed by atoms with Crippen molar-refractivity contribution in [1.82, 2.24) is 9.78 Å². The first-order chi connectivity index (χ1) is 9.54. The molecule has 5 heteroatoms. The molecule has 114 valence electrons. The quantitative estimate of drug-likeness (QED) is 0.780. The first-order valence-electron chi connectivity index (χ1n) is 7.36. The Labute approximate surface area is 120 Å². The summed E-state index contributed by atoms with van der Waals surface area (Å²) >= 11 is 0. The van der Waals surface area contributed by atoms with Crippen LogP contribution < -0.4 is 0 Å². The Morgan fingerprint density at radius 1 is 1.40 bits per heavy atom. The van der Waals surface area contributed by atoms with Crippen molar-refractivity contribution in [2.24, 2.45) is 0 Å². The summed E-state index contributed by atoms with van der Waals surface area (Å²) in [4.78, 5) is 0. The van der Waals surface area contributed by atoms with Crippen LogP contribution in [0, 0.1) is 0 Å². The third kappa shape index (κ3) is 4.04. The third-order valence-electron chi connectivity index (χ3n) is 4.06. The van der Waals surface area contributed by atoms with Gasteiger partial charge in [-0.1, -0.05) is 12.8 Å². The van der Waals surface area contributed by atoms with Gasteiger partial charge in [-0.05, 0) is 25.8 Å². The van der Waals surface area contributed by atoms with E-state index in [0.717, 1.165) is 5.69 Å². The summed E-state index contributed by atoms with van der Waals surface area (Å²) < 4.78 is 12.4. The molecule has 1 saturated carbocycles. The molecule has 1 aliphatic rings. The molecular weight excluding hydrogens is 256 g/mol. The van der Waals surface area contributed by atoms with Crippen molar-refractivity contribution in [3.05, 3.63) is 18.0 Å². The van der Waals surface area contributed by atoms with Gasteiger partial charge in [0.05, 0.1) is 17.3 Å². The number of hydrogen-bond donors (Lipinski definition) is 1. The molecule has 0 aromatic carbocycles. The molecule has 1 aliphatic carbocycles. The highest BCUT2D eigenvalue weighted by Crippen LogP contribution is 2.29. The second-order valence-corrected chi connectivity index (χ2v) is 6.00. The standard InChI is InChI=1S/C15H26N2O3/c1-15(18,11-14(19-2)20-3)10-12-8-9-17(16-12)13-6-4-5-7-13/h8-9,13-14,18H,4-7,10-11H2,1-3H3. The van der Waals surface area contributed by atoms with Gasteiger partial charge in [-0.15, -0.1) is 0 Å². The van der Waals surface area contributed by atoms with Gasteiger partial charge in [-0.3, -0.25) is 4.68 Å². The van der Waals surface area contributed by atoms with Crippen LogP contribution in [0.5, 0.6) is 0 Å². The Morgan fingerprint density at radius 3 is 2.65 bits per heavy atom. The lowest BCUT2D eigenvalue weighted by Gasteiger charge is -2.26. The van der Waals surface area contributed by atoms with E-state index in [4.69, 9.17) is 9.47 Å². The molecule has 0 bridgehead atoms. The minimum Gasteiger partial charge on any atom is -0.390 e. The molecule has 1 N–H and O–H groups in total. The fourth-order valence-electron chi connectivity index (χ4n) is 2.93. The first kappa shape index (κ1) is 15.5. The van der Waals surface area contributed by atoms with Gasteiger partial charge < -0.3 is 14.6 Å². The van der Waals surface area contributed by atoms with Crippen molar-refractivity contribution in [1.29, 1.82) is 0 Å². The minimum atomic E-state index is -0.883. The van der Waals surface area contributed by atoms with Crippen LogP contribution in [0.1, 0.15) is 50.8 Å². The van der Waals surface area contributed by atoms with Gasteiger partial charge in [-0.25, -0.2) is 0 Å². The molecule has 5 nitrogen and oxygen atoms in total. The topological polar surface area (TPSA) is 56.5 Å². The number of aliphatic hydroxyl groups is 1. The lowest BCUT2D eigenvalue weighted by atomic mass is 9.96. The Morgan fingerprint density at radius 2 is 2.05 bits per heavy atom. The van der Waals surface area contributed by atoms with Crippen molar-refractivity contribution >= 4 is 0 Å². The molecule has 2 rings (SSSR count). The van der Waals surface area contributed by atoms with Crippen molar-refractivity contribution < 1.29 is 14.6 Å². The Balaban J connectivity index is 1.94. The van der Waals surface area contributed by atoms with E-state index in [9.17, 15) is 5.11 Å². The van der Waals surface area contributed by atoms with E-state index in [1.54, 1.807) is 21.1 Å². The van der Waals surface area contributed by atoms with Crippen molar-refractivity contribution in [3.8, 4) is 0 Å². The third-order valence-corrected chi connectivity index (χ3v) is 4.06. The Bertz CT molecular complexity index is 407. The van der Waals surface area contributed by atoms with Gasteiger partial charge in [0.15, 0.2) is 6.29 Å². The number of hydrogen-bond acceptors (Lipinski definition) is 4. The summed E-state index contributed by atoms with van der Waals surface area (Å²) in [5.74, 6) is 0. The average Bonchev–Trinajstić information content (AvgIpc) is 3.05. The van der Waals surface area contributed by atoms with Crippen LogP contribution in [-0.4, -0.2) is 41.0 Å². The van der Waals surface area contributed by atoms with Crippen LogP contribution in [0.2, 0.25) is 0 Å². The molecule has 0 saturated heterocycles. The van der Waals surface area contributed by atoms with E-state index in [2.05, 4.69) is 9.78 Å². The number of rotatable bonds is 7. The summed E-state index contributed by atoms with van der Waals surface area (Å²) in [5.41, 5.74) is 0.0406. The summed E-state index contributed by atoms with van der Waals surface area (Å²) in [5, 5.41) is 15.1. The largest absolute Gasteiger partial charge is 0.390 e. The van der Waals surface area contributed by atoms with E-state index in [-0.39, 0.29) is 6.29 Å². The van der Waals surface area contributed by atoms with Gasteiger partial charge in [0, 0.05) is 33.3 Å². The summed E-state index contributed by atoms with van der Waals surface area (Å²) in [6, 6.07) is 2.54. The van der Waals surface area contributed by atoms with E-state index >= 15 is 0 Å². The molecule has 0 amide bonds. The van der Waals surface area contributed by atoms with E-state index in [1.807, 2.05) is 12.3 Å². The number of aromatic nitrogens is 2. The summed E-state index contributed by atoms with van der Waals surface area (Å²) in [6.07, 6.45) is 7.60. The molecule has 1 aromatic heterocycles. The van der Waals surface area contributed by atoms with Crippen LogP contribution in [0.4, 0.5) is 0 Å². The Kier molecular flexibility index (Phi) is 5.18. The van der Waals surface area contributed by atoms with Gasteiger partial charge >= 0.3 is 0 Å². The van der Waals surface area contributed by atoms with Crippen LogP contribution in [0.15, 0.2) is 12.3 Å². The minimum absolute atomic E-state index is 0.387. The molecule has 1 aromatic rings. The smallest absolute Gasteiger partial charge is 0.159 e. The van der Waals surface area contributed by atoms with E-state index < -0.39 is 5.60 Å². The average molecular weight is 282 g/mol. The molecule has 0 spiro atoms. The zero-order valence-electron chi connectivity index (χ0n) is 12.7. The maximum Gasteiger partial charge on any atom is 0.159 e. The lowest BCUT2D eigenvalue weighted by Crippen LogP contribution is -2.34. The highest BCUT2D eigenvalue weighted by atomic mass is 16.7. The predicted molar refractivity (Wildman–Crippen MR) is 76.5 cm³/mol. The van der Waals surface area contributed by atoms with Gasteiger partial charge in [0.25, 0.3) is 0 Å². The SMILES string of the molecule is COC(CC(C)(O)Cc1ccn(C2CCCC2)n1)OC. The normalized spacial score (nSPS) is 19.6. The predicted octanol–water partition coefficient (Wildman–Crippen LogP) is 2.30. The van der Waals surface area contributed by atoms with Crippen molar-refractivity contribution in [2.75, 3.05) is 14.2 Å². The maximum absolute atomic E-state index is 10.5. The van der Waals surface area contributed by atoms with Crippen LogP contribution in [0.25, 0.3) is 0 Å². The van der Waals surface area contributed by atoms with Crippen LogP contribution in [-0.2, 0) is 15.9 Å². The number of nitrogens with zero attached hydrogens (tertiary/aromatic N) is 2. The van der Waals surface area contributed by atoms with Gasteiger partial charge in [0.1, 0.15) is 0 Å². The molecule has 1 atom stereocenters. The fourth-order valence-corrected chi connectivity index (χ4v) is 2.93. The first-order valence-corrected chi connectivity index (χ1v) is 7.36. The van der Waals surface area contributed by atoms with Gasteiger partial charge in [-0.2, -0.15) is 5.10 Å². The lowest BCUT2D eigenvalue weighted by molar-refractivity contribution is -0.140. The monoisotopic (exact) mass is 282 g/mol. The highest BCUT2D eigenvalue weighted by Gasteiger charge is 2.27. The number of ether oxygens (including phenoxy) is 2. The summed E-state index contributed by atoms with van der Waals surface area (Å²) in [6.45, 7) is 1.80. The zero-order valence-corrected chi connectivity index (χ0v) is 12.7. The molecule has 0 radical (unpaired) electrons. The van der Waals surface area contributed by atoms with Crippen molar-refractivity contribution in [2.45, 2.75) is 63.4 Å². The van der Waals surface area contributed by atoms with Crippen LogP contribution in [0.3, 0.4) is 0 Å². The molecule has 1 fully saturated rings. The highest BCUT2D eigenvalue weighted by molar-refractivity contribution is 5.04. The molecular formula is C15H26N2O3. The second kappa shape index (κ2) is 6.70. The maximum atomic E-state index is 10.5. The number of methoxy groups -OCH3 is 2. The van der Waals surface area contributed by atoms with Crippen molar-refractivity contribution in [3.63, 3.8) is 0 Å². The molecule has 1 unspecified atom stereocenters. The molecule has 0 aliphatic heterocycles. The Hall–Kier alpha value is -0.910. The van der Waals surface area contributed by atoms with Gasteiger partial charge in [0.2, 0.25) is 0 Å².